The van der Waals surface area contributed by atoms with Gasteiger partial charge in [0.05, 0.1) is 0 Å². The topological polar surface area (TPSA) is 135 Å². The van der Waals surface area contributed by atoms with Gasteiger partial charge in [0, 0.05) is 23.1 Å². The molecule has 0 aromatic carbocycles. The van der Waals surface area contributed by atoms with E-state index in [0.29, 0.717) is 0 Å². The van der Waals surface area contributed by atoms with Gasteiger partial charge < -0.3 is 15.6 Å². The zero-order valence-electron chi connectivity index (χ0n) is 6.05. The molecule has 0 atom stereocenters. The number of nitrogens with one attached hydrogen (secondary N) is 2. The second-order valence-electron chi connectivity index (χ2n) is 1.81. The first-order valence-corrected chi connectivity index (χ1v) is 2.66. The third-order valence-electron chi connectivity index (χ3n) is 0.991. The number of aromatic nitrogens is 2. The second kappa shape index (κ2) is 5.31. The molecule has 0 spiro atoms. The van der Waals surface area contributed by atoms with Crippen LogP contribution in [0.3, 0.4) is 0 Å². The van der Waals surface area contributed by atoms with Crippen molar-refractivity contribution in [3.05, 3.63) is 32.6 Å². The van der Waals surface area contributed by atoms with Crippen LogP contribution in [0.25, 0.3) is 0 Å². The molecule has 0 bridgehead atoms. The molecule has 0 unspecified atom stereocenters. The van der Waals surface area contributed by atoms with E-state index in [1.54, 1.807) is 0 Å². The average Bonchev–Trinajstić information content (AvgIpc) is 1.85. The molecule has 1 aromatic rings. The fourth-order valence-corrected chi connectivity index (χ4v) is 0.584. The van der Waals surface area contributed by atoms with Crippen molar-refractivity contribution in [2.75, 3.05) is 0 Å². The van der Waals surface area contributed by atoms with E-state index in [9.17, 15) is 14.4 Å². The van der Waals surface area contributed by atoms with Gasteiger partial charge in [-0.1, -0.05) is 0 Å². The van der Waals surface area contributed by atoms with Crippen molar-refractivity contribution in [3.8, 4) is 0 Å². The number of aromatic carboxylic acids is 1. The predicted octanol–water partition coefficient (Wildman–Crippen LogP) is -2.07. The summed E-state index contributed by atoms with van der Waals surface area (Å²) in [5.41, 5.74) is -1.97. The first-order valence-electron chi connectivity index (χ1n) is 2.66. The van der Waals surface area contributed by atoms with Gasteiger partial charge in [0.25, 0.3) is 5.56 Å². The van der Waals surface area contributed by atoms with Crippen LogP contribution in [0.4, 0.5) is 0 Å². The van der Waals surface area contributed by atoms with Crippen LogP contribution in [-0.4, -0.2) is 26.5 Å². The molecule has 5 N–H and O–H groups in total. The van der Waals surface area contributed by atoms with Crippen LogP contribution < -0.4 is 11.2 Å². The van der Waals surface area contributed by atoms with Gasteiger partial charge in [0.15, 0.2) is 0 Å². The van der Waals surface area contributed by atoms with Gasteiger partial charge in [-0.2, -0.15) is 0 Å². The molecule has 8 heteroatoms. The van der Waals surface area contributed by atoms with Crippen LogP contribution in [-0.2, 0) is 17.1 Å². The van der Waals surface area contributed by atoms with Crippen molar-refractivity contribution < 1.29 is 32.4 Å². The fraction of sp³-hybridized carbons (Fsp3) is 0. The minimum absolute atomic E-state index is 0. The molecule has 0 amide bonds. The molecule has 0 aliphatic heterocycles. The van der Waals surface area contributed by atoms with Crippen LogP contribution >= 0.6 is 0 Å². The number of hydrogen-bond acceptors (Lipinski definition) is 3. The Labute approximate surface area is 81.6 Å². The molecule has 7 nitrogen and oxygen atoms in total. The van der Waals surface area contributed by atoms with Gasteiger partial charge in [-0.3, -0.25) is 9.78 Å². The zero-order valence-corrected chi connectivity index (χ0v) is 6.99. The molecule has 13 heavy (non-hydrogen) atoms. The first-order chi connectivity index (χ1) is 5.09. The fourth-order valence-electron chi connectivity index (χ4n) is 0.584. The van der Waals surface area contributed by atoms with Gasteiger partial charge in [0.1, 0.15) is 5.69 Å². The molecule has 0 saturated carbocycles. The summed E-state index contributed by atoms with van der Waals surface area (Å²) >= 11 is 0. The standard InChI is InChI=1S/C5H4N2O4.Cu.H2O/c8-3-1-2(4(9)10)6-5(11)7-3;;/h1H,(H,9,10)(H2,6,7,8,11);;1H2. The Hall–Kier alpha value is -1.37. The molecule has 1 heterocycles. The molecule has 0 saturated heterocycles. The van der Waals surface area contributed by atoms with E-state index in [-0.39, 0.29) is 22.5 Å². The quantitative estimate of drug-likeness (QED) is 0.484. The summed E-state index contributed by atoms with van der Waals surface area (Å²) in [5.74, 6) is -1.34. The summed E-state index contributed by atoms with van der Waals surface area (Å²) in [7, 11) is 0. The maximum atomic E-state index is 10.5. The molecular formula is C5H6CuN2O5. The number of carbonyl (C=O) groups is 1. The first kappa shape index (κ1) is 14.2. The van der Waals surface area contributed by atoms with E-state index in [0.717, 1.165) is 6.07 Å². The van der Waals surface area contributed by atoms with Gasteiger partial charge in [-0.05, 0) is 0 Å². The summed E-state index contributed by atoms with van der Waals surface area (Å²) in [6.07, 6.45) is 0. The summed E-state index contributed by atoms with van der Waals surface area (Å²) < 4.78 is 0. The largest absolute Gasteiger partial charge is 0.477 e. The zero-order chi connectivity index (χ0) is 8.43. The summed E-state index contributed by atoms with van der Waals surface area (Å²) in [6.45, 7) is 0. The molecule has 1 radical (unpaired) electrons. The van der Waals surface area contributed by atoms with Gasteiger partial charge >= 0.3 is 11.7 Å². The van der Waals surface area contributed by atoms with Crippen LogP contribution in [0, 0.1) is 0 Å². The van der Waals surface area contributed by atoms with E-state index in [1.165, 1.54) is 0 Å². The third-order valence-corrected chi connectivity index (χ3v) is 0.991. The Morgan fingerprint density at radius 2 is 1.85 bits per heavy atom. The Kier molecular flexibility index (Phi) is 5.78. The van der Waals surface area contributed by atoms with Crippen molar-refractivity contribution in [2.24, 2.45) is 0 Å². The minimum Gasteiger partial charge on any atom is -0.477 e. The maximum absolute atomic E-state index is 10.5. The summed E-state index contributed by atoms with van der Waals surface area (Å²) in [4.78, 5) is 34.9. The Morgan fingerprint density at radius 1 is 1.31 bits per heavy atom. The number of hydrogen-bond donors (Lipinski definition) is 3. The van der Waals surface area contributed by atoms with Crippen molar-refractivity contribution >= 4 is 5.97 Å². The van der Waals surface area contributed by atoms with Crippen LogP contribution in [0.5, 0.6) is 0 Å². The number of rotatable bonds is 1. The number of carboxylic acids is 1. The normalized spacial score (nSPS) is 8.00. The molecule has 0 aliphatic carbocycles. The van der Waals surface area contributed by atoms with Crippen LogP contribution in [0.15, 0.2) is 15.7 Å². The molecular weight excluding hydrogens is 232 g/mol. The molecule has 77 valence electrons. The Balaban J connectivity index is 0. The SMILES string of the molecule is O.O=C(O)c1cc(=O)[nH]c(=O)[nH]1.[Cu]. The molecule has 1 aromatic heterocycles. The van der Waals surface area contributed by atoms with Gasteiger partial charge in [-0.25, -0.2) is 9.59 Å². The van der Waals surface area contributed by atoms with Gasteiger partial charge in [-0.15, -0.1) is 0 Å². The average molecular weight is 238 g/mol. The molecule has 1 rings (SSSR count). The third kappa shape index (κ3) is 3.70. The Bertz CT molecular complexity index is 366. The van der Waals surface area contributed by atoms with Crippen molar-refractivity contribution in [1.82, 2.24) is 9.97 Å². The van der Waals surface area contributed by atoms with E-state index in [1.807, 2.05) is 9.97 Å². The van der Waals surface area contributed by atoms with E-state index < -0.39 is 22.9 Å². The van der Waals surface area contributed by atoms with Gasteiger partial charge in [0.2, 0.25) is 0 Å². The smallest absolute Gasteiger partial charge is 0.352 e. The monoisotopic (exact) mass is 237 g/mol. The molecule has 0 fully saturated rings. The number of aromatic amines is 2. The van der Waals surface area contributed by atoms with Crippen LogP contribution in [0.1, 0.15) is 10.5 Å². The van der Waals surface area contributed by atoms with E-state index >= 15 is 0 Å². The summed E-state index contributed by atoms with van der Waals surface area (Å²) in [6, 6.07) is 0.795. The van der Waals surface area contributed by atoms with E-state index in [4.69, 9.17) is 5.11 Å². The van der Waals surface area contributed by atoms with E-state index in [2.05, 4.69) is 0 Å². The Morgan fingerprint density at radius 3 is 2.23 bits per heavy atom. The maximum Gasteiger partial charge on any atom is 0.352 e. The number of carboxylic acid groups (broad SMARTS) is 1. The van der Waals surface area contributed by atoms with Crippen LogP contribution in [0.2, 0.25) is 0 Å². The minimum atomic E-state index is -1.34. The second-order valence-corrected chi connectivity index (χ2v) is 1.81. The number of H-pyrrole nitrogens is 2. The van der Waals surface area contributed by atoms with Crippen molar-refractivity contribution in [3.63, 3.8) is 0 Å². The van der Waals surface area contributed by atoms with Crippen molar-refractivity contribution in [1.29, 1.82) is 0 Å². The van der Waals surface area contributed by atoms with Crippen molar-refractivity contribution in [2.45, 2.75) is 0 Å². The molecule has 0 aliphatic rings. The summed E-state index contributed by atoms with van der Waals surface area (Å²) in [5, 5.41) is 8.31. The predicted molar refractivity (Wildman–Crippen MR) is 38.3 cm³/mol.